The molecule has 58 valence electrons. The van der Waals surface area contributed by atoms with Crippen LogP contribution in [-0.4, -0.2) is 22.2 Å². The Hall–Kier alpha value is -1.07. The highest BCUT2D eigenvalue weighted by atomic mass is 16.4. The van der Waals surface area contributed by atoms with E-state index in [4.69, 9.17) is 15.8 Å². The van der Waals surface area contributed by atoms with Crippen LogP contribution in [0.15, 0.2) is 12.3 Å². The molecule has 0 saturated carbocycles. The van der Waals surface area contributed by atoms with Crippen molar-refractivity contribution in [2.75, 3.05) is 5.73 Å². The minimum absolute atomic E-state index is 0.313. The Balaban J connectivity index is 3.05. The van der Waals surface area contributed by atoms with Gasteiger partial charge in [-0.05, 0) is 13.0 Å². The van der Waals surface area contributed by atoms with Crippen LogP contribution in [0.5, 0.6) is 0 Å². The zero-order valence-electron chi connectivity index (χ0n) is 6.15. The Morgan fingerprint density at radius 1 is 1.55 bits per heavy atom. The standard InChI is InChI=1S/C6H9BN2O2/c1-4-6(8)2-5(3-9-4)7(10)11/h2-3,10-11H,8H2,1H3. The first-order valence-corrected chi connectivity index (χ1v) is 3.19. The van der Waals surface area contributed by atoms with Gasteiger partial charge in [0.15, 0.2) is 0 Å². The molecule has 0 aliphatic carbocycles. The number of aromatic nitrogens is 1. The van der Waals surface area contributed by atoms with Gasteiger partial charge in [-0.25, -0.2) is 0 Å². The Labute approximate surface area is 64.8 Å². The van der Waals surface area contributed by atoms with E-state index in [2.05, 4.69) is 4.98 Å². The van der Waals surface area contributed by atoms with Crippen molar-refractivity contribution < 1.29 is 10.0 Å². The van der Waals surface area contributed by atoms with E-state index in [-0.39, 0.29) is 0 Å². The van der Waals surface area contributed by atoms with Gasteiger partial charge in [-0.3, -0.25) is 4.98 Å². The van der Waals surface area contributed by atoms with Gasteiger partial charge in [0.05, 0.1) is 11.4 Å². The number of nitrogens with two attached hydrogens (primary N) is 1. The maximum Gasteiger partial charge on any atom is 0.490 e. The molecule has 1 aromatic rings. The van der Waals surface area contributed by atoms with E-state index >= 15 is 0 Å². The van der Waals surface area contributed by atoms with E-state index in [0.29, 0.717) is 16.8 Å². The average Bonchev–Trinajstić information content (AvgIpc) is 1.94. The molecule has 0 radical (unpaired) electrons. The van der Waals surface area contributed by atoms with Crippen LogP contribution < -0.4 is 11.2 Å². The molecule has 5 heteroatoms. The fraction of sp³-hybridized carbons (Fsp3) is 0.167. The molecule has 0 atom stereocenters. The van der Waals surface area contributed by atoms with E-state index < -0.39 is 7.12 Å². The first-order chi connectivity index (χ1) is 5.11. The predicted molar refractivity (Wildman–Crippen MR) is 43.2 cm³/mol. The van der Waals surface area contributed by atoms with Crippen molar-refractivity contribution >= 4 is 18.3 Å². The third-order valence-corrected chi connectivity index (χ3v) is 1.45. The summed E-state index contributed by atoms with van der Waals surface area (Å²) in [7, 11) is -1.50. The lowest BCUT2D eigenvalue weighted by molar-refractivity contribution is 0.425. The van der Waals surface area contributed by atoms with Crippen molar-refractivity contribution in [2.24, 2.45) is 0 Å². The highest BCUT2D eigenvalue weighted by Crippen LogP contribution is 2.02. The van der Waals surface area contributed by atoms with Crippen molar-refractivity contribution in [3.05, 3.63) is 18.0 Å². The molecule has 4 nitrogen and oxygen atoms in total. The van der Waals surface area contributed by atoms with Gasteiger partial charge in [-0.15, -0.1) is 0 Å². The number of rotatable bonds is 1. The molecule has 0 aliphatic rings. The molecular formula is C6H9BN2O2. The third kappa shape index (κ3) is 1.69. The van der Waals surface area contributed by atoms with E-state index in [1.54, 1.807) is 6.92 Å². The molecule has 1 heterocycles. The van der Waals surface area contributed by atoms with E-state index in [0.717, 1.165) is 0 Å². The number of nitrogen functional groups attached to an aromatic ring is 1. The van der Waals surface area contributed by atoms with Gasteiger partial charge in [0.1, 0.15) is 0 Å². The topological polar surface area (TPSA) is 79.4 Å². The third-order valence-electron chi connectivity index (χ3n) is 1.45. The molecule has 0 fully saturated rings. The zero-order valence-corrected chi connectivity index (χ0v) is 6.15. The van der Waals surface area contributed by atoms with E-state index in [9.17, 15) is 0 Å². The molecule has 0 amide bonds. The normalized spacial score (nSPS) is 9.73. The highest BCUT2D eigenvalue weighted by Gasteiger charge is 2.11. The maximum atomic E-state index is 8.70. The molecule has 0 saturated heterocycles. The van der Waals surface area contributed by atoms with Gasteiger partial charge < -0.3 is 15.8 Å². The second-order valence-electron chi connectivity index (χ2n) is 2.32. The first-order valence-electron chi connectivity index (χ1n) is 3.19. The molecule has 0 bridgehead atoms. The lowest BCUT2D eigenvalue weighted by Crippen LogP contribution is -2.30. The van der Waals surface area contributed by atoms with Crippen LogP contribution in [-0.2, 0) is 0 Å². The van der Waals surface area contributed by atoms with Gasteiger partial charge in [-0.2, -0.15) is 0 Å². The summed E-state index contributed by atoms with van der Waals surface area (Å²) in [6, 6.07) is 1.49. The number of pyridine rings is 1. The van der Waals surface area contributed by atoms with Crippen molar-refractivity contribution in [1.82, 2.24) is 4.98 Å². The number of hydrogen-bond acceptors (Lipinski definition) is 4. The smallest absolute Gasteiger partial charge is 0.423 e. The largest absolute Gasteiger partial charge is 0.490 e. The summed E-state index contributed by atoms with van der Waals surface area (Å²) in [6.45, 7) is 1.75. The monoisotopic (exact) mass is 152 g/mol. The van der Waals surface area contributed by atoms with Gasteiger partial charge >= 0.3 is 7.12 Å². The summed E-state index contributed by atoms with van der Waals surface area (Å²) in [4.78, 5) is 3.85. The van der Waals surface area contributed by atoms with Gasteiger partial charge in [0, 0.05) is 11.7 Å². The summed E-state index contributed by atoms with van der Waals surface area (Å²) >= 11 is 0. The average molecular weight is 152 g/mol. The van der Waals surface area contributed by atoms with Crippen LogP contribution in [0.25, 0.3) is 0 Å². The van der Waals surface area contributed by atoms with Crippen LogP contribution in [0.4, 0.5) is 5.69 Å². The first kappa shape index (κ1) is 8.04. The summed E-state index contributed by atoms with van der Waals surface area (Å²) in [5, 5.41) is 17.4. The van der Waals surface area contributed by atoms with Crippen molar-refractivity contribution in [2.45, 2.75) is 6.92 Å². The summed E-state index contributed by atoms with van der Waals surface area (Å²) in [6.07, 6.45) is 1.39. The molecule has 1 aromatic heterocycles. The molecule has 11 heavy (non-hydrogen) atoms. The van der Waals surface area contributed by atoms with Crippen molar-refractivity contribution in [1.29, 1.82) is 0 Å². The lowest BCUT2D eigenvalue weighted by atomic mass is 9.81. The van der Waals surface area contributed by atoms with Crippen LogP contribution in [0, 0.1) is 6.92 Å². The number of hydrogen-bond donors (Lipinski definition) is 3. The fourth-order valence-corrected chi connectivity index (χ4v) is 0.708. The fourth-order valence-electron chi connectivity index (χ4n) is 0.708. The quantitative estimate of drug-likeness (QED) is 0.434. The molecule has 1 rings (SSSR count). The van der Waals surface area contributed by atoms with Gasteiger partial charge in [0.2, 0.25) is 0 Å². The Morgan fingerprint density at radius 2 is 2.18 bits per heavy atom. The van der Waals surface area contributed by atoms with Crippen LogP contribution in [0.3, 0.4) is 0 Å². The highest BCUT2D eigenvalue weighted by molar-refractivity contribution is 6.58. The number of nitrogens with zero attached hydrogens (tertiary/aromatic N) is 1. The zero-order chi connectivity index (χ0) is 8.43. The van der Waals surface area contributed by atoms with Gasteiger partial charge in [0.25, 0.3) is 0 Å². The molecule has 4 N–H and O–H groups in total. The second-order valence-corrected chi connectivity index (χ2v) is 2.32. The number of anilines is 1. The Kier molecular flexibility index (Phi) is 2.12. The van der Waals surface area contributed by atoms with Crippen LogP contribution >= 0.6 is 0 Å². The SMILES string of the molecule is Cc1ncc(B(O)O)cc1N. The minimum atomic E-state index is -1.50. The van der Waals surface area contributed by atoms with Crippen molar-refractivity contribution in [3.63, 3.8) is 0 Å². The number of aryl methyl sites for hydroxylation is 1. The maximum absolute atomic E-state index is 8.70. The molecule has 0 spiro atoms. The molecule has 0 unspecified atom stereocenters. The van der Waals surface area contributed by atoms with Crippen molar-refractivity contribution in [3.8, 4) is 0 Å². The predicted octanol–water partition coefficient (Wildman–Crippen LogP) is -1.35. The molecular weight excluding hydrogens is 143 g/mol. The molecule has 0 aromatic carbocycles. The summed E-state index contributed by atoms with van der Waals surface area (Å²) < 4.78 is 0. The van der Waals surface area contributed by atoms with E-state index in [1.807, 2.05) is 0 Å². The van der Waals surface area contributed by atoms with E-state index in [1.165, 1.54) is 12.3 Å². The van der Waals surface area contributed by atoms with Gasteiger partial charge in [-0.1, -0.05) is 0 Å². The summed E-state index contributed by atoms with van der Waals surface area (Å²) in [5.41, 5.74) is 6.94. The summed E-state index contributed by atoms with van der Waals surface area (Å²) in [5.74, 6) is 0. The Morgan fingerprint density at radius 3 is 2.64 bits per heavy atom. The van der Waals surface area contributed by atoms with Crippen LogP contribution in [0.1, 0.15) is 5.69 Å². The van der Waals surface area contributed by atoms with Crippen LogP contribution in [0.2, 0.25) is 0 Å². The Bertz CT molecular complexity index is 265. The second kappa shape index (κ2) is 2.90. The minimum Gasteiger partial charge on any atom is -0.423 e. The molecule has 0 aliphatic heterocycles. The lowest BCUT2D eigenvalue weighted by Gasteiger charge is -2.01.